The summed E-state index contributed by atoms with van der Waals surface area (Å²) < 4.78 is 26.2. The summed E-state index contributed by atoms with van der Waals surface area (Å²) in [4.78, 5) is 14.0. The third kappa shape index (κ3) is 5.55. The van der Waals surface area contributed by atoms with Crippen molar-refractivity contribution in [1.82, 2.24) is 10.2 Å². The van der Waals surface area contributed by atoms with Gasteiger partial charge in [0.25, 0.3) is 0 Å². The van der Waals surface area contributed by atoms with Crippen LogP contribution in [0.3, 0.4) is 0 Å². The normalized spacial score (nSPS) is 21.4. The summed E-state index contributed by atoms with van der Waals surface area (Å²) in [5.41, 5.74) is 0.405. The average molecular weight is 326 g/mol. The molecule has 1 aromatic rings. The monoisotopic (exact) mass is 326 g/mol. The van der Waals surface area contributed by atoms with Crippen LogP contribution < -0.4 is 5.32 Å². The third-order valence-electron chi connectivity index (χ3n) is 4.50. The zero-order valence-electron chi connectivity index (χ0n) is 13.4. The Morgan fingerprint density at radius 3 is 2.39 bits per heavy atom. The Hall–Kier alpha value is -1.53. The molecule has 0 atom stereocenters. The van der Waals surface area contributed by atoms with Crippen molar-refractivity contribution in [1.29, 1.82) is 0 Å². The van der Waals surface area contributed by atoms with Gasteiger partial charge in [-0.15, -0.1) is 0 Å². The number of likely N-dealkylation sites (N-methyl/N-ethyl adjacent to an activating group) is 1. The number of aliphatic hydroxyl groups is 1. The zero-order valence-corrected chi connectivity index (χ0v) is 13.4. The lowest BCUT2D eigenvalue weighted by molar-refractivity contribution is -0.122. The number of nitrogens with one attached hydrogen (secondary N) is 1. The highest BCUT2D eigenvalue weighted by Gasteiger charge is 2.24. The Bertz CT molecular complexity index is 511. The van der Waals surface area contributed by atoms with Gasteiger partial charge < -0.3 is 10.4 Å². The predicted molar refractivity (Wildman–Crippen MR) is 83.7 cm³/mol. The molecule has 6 heteroatoms. The number of halogens is 2. The fraction of sp³-hybridized carbons (Fsp3) is 0.588. The lowest BCUT2D eigenvalue weighted by Gasteiger charge is -2.33. The molecule has 1 saturated carbocycles. The van der Waals surface area contributed by atoms with Crippen molar-refractivity contribution in [2.75, 3.05) is 20.2 Å². The number of rotatable bonds is 6. The van der Waals surface area contributed by atoms with Crippen molar-refractivity contribution in [3.05, 3.63) is 35.4 Å². The number of benzene rings is 1. The van der Waals surface area contributed by atoms with Gasteiger partial charge in [0.05, 0.1) is 6.54 Å². The van der Waals surface area contributed by atoms with Gasteiger partial charge in [-0.3, -0.25) is 9.69 Å². The summed E-state index contributed by atoms with van der Waals surface area (Å²) in [6.07, 6.45) is 3.92. The average Bonchev–Trinajstić information content (AvgIpc) is 2.52. The number of hydrogen-bond donors (Lipinski definition) is 2. The molecule has 0 radical (unpaired) electrons. The first kappa shape index (κ1) is 17.8. The van der Waals surface area contributed by atoms with E-state index in [1.54, 1.807) is 0 Å². The molecule has 1 amide bonds. The first-order valence-electron chi connectivity index (χ1n) is 8.00. The maximum atomic E-state index is 13.1. The molecule has 23 heavy (non-hydrogen) atoms. The van der Waals surface area contributed by atoms with Crippen LogP contribution in [0.25, 0.3) is 0 Å². The van der Waals surface area contributed by atoms with Crippen LogP contribution in [0.2, 0.25) is 0 Å². The van der Waals surface area contributed by atoms with Gasteiger partial charge in [-0.25, -0.2) is 8.78 Å². The molecule has 0 saturated heterocycles. The molecule has 0 aromatic heterocycles. The molecule has 0 heterocycles. The Labute approximate surface area is 135 Å². The van der Waals surface area contributed by atoms with Crippen LogP contribution in [-0.2, 0) is 11.3 Å². The highest BCUT2D eigenvalue weighted by molar-refractivity contribution is 5.78. The summed E-state index contributed by atoms with van der Waals surface area (Å²) in [5, 5.41) is 11.8. The van der Waals surface area contributed by atoms with Crippen molar-refractivity contribution in [2.24, 2.45) is 5.92 Å². The van der Waals surface area contributed by atoms with Gasteiger partial charge in [-0.1, -0.05) is 0 Å². The molecule has 1 aliphatic rings. The first-order valence-corrected chi connectivity index (χ1v) is 8.00. The number of aliphatic hydroxyl groups excluding tert-OH is 1. The van der Waals surface area contributed by atoms with Crippen LogP contribution in [0, 0.1) is 17.6 Å². The van der Waals surface area contributed by atoms with E-state index in [0.717, 1.165) is 31.7 Å². The lowest BCUT2D eigenvalue weighted by Crippen LogP contribution is -2.42. The number of carbonyl (C=O) groups is 1. The summed E-state index contributed by atoms with van der Waals surface area (Å²) in [6, 6.07) is 3.57. The zero-order chi connectivity index (χ0) is 16.8. The van der Waals surface area contributed by atoms with E-state index in [9.17, 15) is 13.6 Å². The van der Waals surface area contributed by atoms with Gasteiger partial charge in [-0.05, 0) is 56.3 Å². The van der Waals surface area contributed by atoms with E-state index < -0.39 is 11.6 Å². The van der Waals surface area contributed by atoms with E-state index in [2.05, 4.69) is 5.32 Å². The van der Waals surface area contributed by atoms with Crippen molar-refractivity contribution in [3.63, 3.8) is 0 Å². The highest BCUT2D eigenvalue weighted by atomic mass is 19.1. The summed E-state index contributed by atoms with van der Waals surface area (Å²) in [7, 11) is 1.91. The fourth-order valence-electron chi connectivity index (χ4n) is 3.09. The van der Waals surface area contributed by atoms with E-state index in [-0.39, 0.29) is 25.6 Å². The van der Waals surface area contributed by atoms with Gasteiger partial charge in [-0.2, -0.15) is 0 Å². The second-order valence-electron chi connectivity index (χ2n) is 6.33. The Balaban J connectivity index is 1.76. The molecule has 1 fully saturated rings. The molecule has 0 aliphatic heterocycles. The topological polar surface area (TPSA) is 52.6 Å². The van der Waals surface area contributed by atoms with E-state index in [0.29, 0.717) is 17.5 Å². The van der Waals surface area contributed by atoms with E-state index in [4.69, 9.17) is 5.11 Å². The standard InChI is InChI=1S/C17H24F2N2O2/c1-21(16-4-2-12(11-22)3-5-16)10-17(23)20-9-13-6-14(18)8-15(19)7-13/h6-8,12,16,22H,2-5,9-11H2,1H3,(H,20,23). The van der Waals surface area contributed by atoms with Gasteiger partial charge in [0.15, 0.2) is 0 Å². The molecule has 0 spiro atoms. The van der Waals surface area contributed by atoms with Crippen LogP contribution in [-0.4, -0.2) is 42.2 Å². The van der Waals surface area contributed by atoms with E-state index >= 15 is 0 Å². The van der Waals surface area contributed by atoms with Gasteiger partial charge >= 0.3 is 0 Å². The lowest BCUT2D eigenvalue weighted by atomic mass is 9.86. The predicted octanol–water partition coefficient (Wildman–Crippen LogP) is 2.06. The SMILES string of the molecule is CN(CC(=O)NCc1cc(F)cc(F)c1)C1CCC(CO)CC1. The van der Waals surface area contributed by atoms with E-state index in [1.807, 2.05) is 11.9 Å². The van der Waals surface area contributed by atoms with Crippen molar-refractivity contribution < 1.29 is 18.7 Å². The minimum absolute atomic E-state index is 0.110. The second-order valence-corrected chi connectivity index (χ2v) is 6.33. The summed E-state index contributed by atoms with van der Waals surface area (Å²) in [5.74, 6) is -1.07. The van der Waals surface area contributed by atoms with Gasteiger partial charge in [0.1, 0.15) is 11.6 Å². The number of amides is 1. The quantitative estimate of drug-likeness (QED) is 0.841. The third-order valence-corrected chi connectivity index (χ3v) is 4.50. The number of hydrogen-bond acceptors (Lipinski definition) is 3. The highest BCUT2D eigenvalue weighted by Crippen LogP contribution is 2.26. The van der Waals surface area contributed by atoms with Gasteiger partial charge in [0.2, 0.25) is 5.91 Å². The molecule has 1 aromatic carbocycles. The number of carbonyl (C=O) groups excluding carboxylic acids is 1. The first-order chi connectivity index (χ1) is 11.0. The minimum Gasteiger partial charge on any atom is -0.396 e. The Morgan fingerprint density at radius 1 is 1.22 bits per heavy atom. The maximum Gasteiger partial charge on any atom is 0.234 e. The molecule has 1 aliphatic carbocycles. The molecule has 0 unspecified atom stereocenters. The van der Waals surface area contributed by atoms with Crippen LogP contribution in [0.1, 0.15) is 31.2 Å². The van der Waals surface area contributed by atoms with Crippen LogP contribution in [0.4, 0.5) is 8.78 Å². The van der Waals surface area contributed by atoms with Crippen molar-refractivity contribution in [2.45, 2.75) is 38.3 Å². The minimum atomic E-state index is -0.646. The second kappa shape index (κ2) is 8.36. The molecular formula is C17H24F2N2O2. The van der Waals surface area contributed by atoms with Gasteiger partial charge in [0, 0.05) is 25.3 Å². The molecule has 0 bridgehead atoms. The smallest absolute Gasteiger partial charge is 0.234 e. The molecule has 128 valence electrons. The van der Waals surface area contributed by atoms with E-state index in [1.165, 1.54) is 12.1 Å². The Morgan fingerprint density at radius 2 is 1.83 bits per heavy atom. The molecule has 2 rings (SSSR count). The summed E-state index contributed by atoms with van der Waals surface area (Å²) in [6.45, 7) is 0.603. The Kier molecular flexibility index (Phi) is 6.47. The maximum absolute atomic E-state index is 13.1. The number of nitrogens with zero attached hydrogens (tertiary/aromatic N) is 1. The fourth-order valence-corrected chi connectivity index (χ4v) is 3.09. The van der Waals surface area contributed by atoms with Crippen LogP contribution in [0.15, 0.2) is 18.2 Å². The largest absolute Gasteiger partial charge is 0.396 e. The van der Waals surface area contributed by atoms with Crippen molar-refractivity contribution in [3.8, 4) is 0 Å². The van der Waals surface area contributed by atoms with Crippen LogP contribution in [0.5, 0.6) is 0 Å². The summed E-state index contributed by atoms with van der Waals surface area (Å²) >= 11 is 0. The molecule has 2 N–H and O–H groups in total. The molecule has 4 nitrogen and oxygen atoms in total. The van der Waals surface area contributed by atoms with Crippen LogP contribution >= 0.6 is 0 Å². The molecular weight excluding hydrogens is 302 g/mol. The van der Waals surface area contributed by atoms with Crippen molar-refractivity contribution >= 4 is 5.91 Å².